The number of rotatable bonds is 6. The lowest BCUT2D eigenvalue weighted by Gasteiger charge is -2.16. The molecule has 0 spiro atoms. The van der Waals surface area contributed by atoms with Gasteiger partial charge in [-0.1, -0.05) is 52.0 Å². The molecule has 20 heavy (non-hydrogen) atoms. The van der Waals surface area contributed by atoms with Crippen molar-refractivity contribution in [2.24, 2.45) is 11.8 Å². The molecule has 2 heteroatoms. The highest BCUT2D eigenvalue weighted by Crippen LogP contribution is 2.33. The second-order valence-corrected chi connectivity index (χ2v) is 6.06. The van der Waals surface area contributed by atoms with Gasteiger partial charge in [0.2, 0.25) is 0 Å². The minimum Gasteiger partial charge on any atom is -0.489 e. The average Bonchev–Trinajstić information content (AvgIpc) is 2.42. The van der Waals surface area contributed by atoms with Crippen molar-refractivity contribution in [1.82, 2.24) is 0 Å². The summed E-state index contributed by atoms with van der Waals surface area (Å²) in [4.78, 5) is 0. The fraction of sp³-hybridized carbons (Fsp3) is 0.444. The van der Waals surface area contributed by atoms with E-state index in [0.717, 1.165) is 11.5 Å². The maximum absolute atomic E-state index is 5.91. The Morgan fingerprint density at radius 2 is 1.15 bits per heavy atom. The quantitative estimate of drug-likeness (QED) is 0.744. The lowest BCUT2D eigenvalue weighted by molar-refractivity contribution is 0.230. The number of hydrogen-bond donors (Lipinski definition) is 0. The Morgan fingerprint density at radius 1 is 0.750 bits per heavy atom. The van der Waals surface area contributed by atoms with Crippen LogP contribution in [0.1, 0.15) is 27.7 Å². The van der Waals surface area contributed by atoms with E-state index in [2.05, 4.69) is 52.0 Å². The van der Waals surface area contributed by atoms with E-state index in [0.29, 0.717) is 25.0 Å². The third-order valence-corrected chi connectivity index (χ3v) is 2.96. The second-order valence-electron chi connectivity index (χ2n) is 6.06. The van der Waals surface area contributed by atoms with Crippen LogP contribution >= 0.6 is 0 Å². The fourth-order valence-electron chi connectivity index (χ4n) is 1.94. The molecule has 0 aliphatic heterocycles. The summed E-state index contributed by atoms with van der Waals surface area (Å²) in [6, 6.07) is 12.4. The SMILES string of the molecule is CC(C)COc1cc2ccccc2cc1OCC(C)C. The first-order chi connectivity index (χ1) is 9.56. The highest BCUT2D eigenvalue weighted by molar-refractivity contribution is 5.86. The van der Waals surface area contributed by atoms with E-state index in [4.69, 9.17) is 9.47 Å². The van der Waals surface area contributed by atoms with E-state index in [1.54, 1.807) is 0 Å². The Labute approximate surface area is 121 Å². The van der Waals surface area contributed by atoms with Crippen molar-refractivity contribution in [2.75, 3.05) is 13.2 Å². The molecule has 2 aromatic rings. The van der Waals surface area contributed by atoms with Crippen LogP contribution in [0.3, 0.4) is 0 Å². The van der Waals surface area contributed by atoms with Gasteiger partial charge in [-0.25, -0.2) is 0 Å². The minimum atomic E-state index is 0.499. The third kappa shape index (κ3) is 3.89. The van der Waals surface area contributed by atoms with Gasteiger partial charge < -0.3 is 9.47 Å². The van der Waals surface area contributed by atoms with Gasteiger partial charge >= 0.3 is 0 Å². The zero-order valence-electron chi connectivity index (χ0n) is 12.8. The summed E-state index contributed by atoms with van der Waals surface area (Å²) in [6.07, 6.45) is 0. The van der Waals surface area contributed by atoms with E-state index >= 15 is 0 Å². The van der Waals surface area contributed by atoms with E-state index in [1.165, 1.54) is 10.8 Å². The maximum Gasteiger partial charge on any atom is 0.161 e. The summed E-state index contributed by atoms with van der Waals surface area (Å²) in [5.41, 5.74) is 0. The summed E-state index contributed by atoms with van der Waals surface area (Å²) < 4.78 is 11.8. The van der Waals surface area contributed by atoms with E-state index in [-0.39, 0.29) is 0 Å². The lowest BCUT2D eigenvalue weighted by atomic mass is 10.1. The highest BCUT2D eigenvalue weighted by Gasteiger charge is 2.09. The zero-order valence-corrected chi connectivity index (χ0v) is 12.8. The molecule has 2 aromatic carbocycles. The molecule has 2 nitrogen and oxygen atoms in total. The van der Waals surface area contributed by atoms with Crippen LogP contribution in [0.4, 0.5) is 0 Å². The Kier molecular flexibility index (Phi) is 4.89. The predicted octanol–water partition coefficient (Wildman–Crippen LogP) is 4.91. The van der Waals surface area contributed by atoms with Crippen LogP contribution in [0.25, 0.3) is 10.8 Å². The van der Waals surface area contributed by atoms with Gasteiger partial charge in [0.15, 0.2) is 11.5 Å². The van der Waals surface area contributed by atoms with Crippen LogP contribution in [-0.2, 0) is 0 Å². The smallest absolute Gasteiger partial charge is 0.161 e. The molecule has 0 aromatic heterocycles. The first-order valence-electron chi connectivity index (χ1n) is 7.34. The number of hydrogen-bond acceptors (Lipinski definition) is 2. The molecule has 0 atom stereocenters. The Hall–Kier alpha value is -1.70. The van der Waals surface area contributed by atoms with Crippen LogP contribution in [0, 0.1) is 11.8 Å². The molecule has 0 amide bonds. The van der Waals surface area contributed by atoms with Crippen LogP contribution in [-0.4, -0.2) is 13.2 Å². The molecule has 0 N–H and O–H groups in total. The first-order valence-corrected chi connectivity index (χ1v) is 7.34. The molecule has 0 aliphatic carbocycles. The molecule has 0 fully saturated rings. The van der Waals surface area contributed by atoms with Crippen LogP contribution < -0.4 is 9.47 Å². The molecule has 0 unspecified atom stereocenters. The standard InChI is InChI=1S/C18H24O2/c1-13(2)11-19-17-9-15-7-5-6-8-16(15)10-18(17)20-12-14(3)4/h5-10,13-14H,11-12H2,1-4H3. The average molecular weight is 272 g/mol. The minimum absolute atomic E-state index is 0.499. The number of ether oxygens (including phenoxy) is 2. The third-order valence-electron chi connectivity index (χ3n) is 2.96. The number of benzene rings is 2. The van der Waals surface area contributed by atoms with Gasteiger partial charge in [-0.2, -0.15) is 0 Å². The Morgan fingerprint density at radius 3 is 1.50 bits per heavy atom. The predicted molar refractivity (Wildman–Crippen MR) is 84.6 cm³/mol. The van der Waals surface area contributed by atoms with Crippen molar-refractivity contribution in [3.63, 3.8) is 0 Å². The van der Waals surface area contributed by atoms with Gasteiger partial charge in [-0.05, 0) is 34.7 Å². The van der Waals surface area contributed by atoms with Gasteiger partial charge in [0.05, 0.1) is 13.2 Å². The van der Waals surface area contributed by atoms with Crippen LogP contribution in [0.15, 0.2) is 36.4 Å². The first kappa shape index (κ1) is 14.7. The summed E-state index contributed by atoms with van der Waals surface area (Å²) >= 11 is 0. The lowest BCUT2D eigenvalue weighted by Crippen LogP contribution is -2.08. The molecule has 0 bridgehead atoms. The molecule has 2 rings (SSSR count). The van der Waals surface area contributed by atoms with Gasteiger partial charge in [0.25, 0.3) is 0 Å². The summed E-state index contributed by atoms with van der Waals surface area (Å²) in [5, 5.41) is 2.37. The molecule has 108 valence electrons. The topological polar surface area (TPSA) is 18.5 Å². The van der Waals surface area contributed by atoms with Crippen LogP contribution in [0.5, 0.6) is 11.5 Å². The zero-order chi connectivity index (χ0) is 14.5. The molecule has 0 saturated heterocycles. The molecule has 0 aliphatic rings. The van der Waals surface area contributed by atoms with Crippen molar-refractivity contribution in [2.45, 2.75) is 27.7 Å². The number of fused-ring (bicyclic) bond motifs is 1. The Bertz CT molecular complexity index is 508. The van der Waals surface area contributed by atoms with Crippen molar-refractivity contribution < 1.29 is 9.47 Å². The van der Waals surface area contributed by atoms with Crippen molar-refractivity contribution >= 4 is 10.8 Å². The summed E-state index contributed by atoms with van der Waals surface area (Å²) in [5.74, 6) is 2.69. The molecular weight excluding hydrogens is 248 g/mol. The molecule has 0 saturated carbocycles. The normalized spacial score (nSPS) is 11.3. The van der Waals surface area contributed by atoms with Gasteiger partial charge in [0, 0.05) is 0 Å². The summed E-state index contributed by atoms with van der Waals surface area (Å²) in [6.45, 7) is 10.0. The summed E-state index contributed by atoms with van der Waals surface area (Å²) in [7, 11) is 0. The van der Waals surface area contributed by atoms with E-state index < -0.39 is 0 Å². The Balaban J connectivity index is 2.31. The highest BCUT2D eigenvalue weighted by atomic mass is 16.5. The van der Waals surface area contributed by atoms with E-state index in [1.807, 2.05) is 12.1 Å². The van der Waals surface area contributed by atoms with Crippen LogP contribution in [0.2, 0.25) is 0 Å². The second kappa shape index (κ2) is 6.65. The monoisotopic (exact) mass is 272 g/mol. The van der Waals surface area contributed by atoms with Gasteiger partial charge in [-0.15, -0.1) is 0 Å². The van der Waals surface area contributed by atoms with Crippen molar-refractivity contribution in [3.05, 3.63) is 36.4 Å². The maximum atomic E-state index is 5.91. The van der Waals surface area contributed by atoms with Gasteiger partial charge in [-0.3, -0.25) is 0 Å². The molecular formula is C18H24O2. The van der Waals surface area contributed by atoms with Gasteiger partial charge in [0.1, 0.15) is 0 Å². The largest absolute Gasteiger partial charge is 0.489 e. The van der Waals surface area contributed by atoms with Crippen molar-refractivity contribution in [3.8, 4) is 11.5 Å². The molecule has 0 radical (unpaired) electrons. The molecule has 0 heterocycles. The van der Waals surface area contributed by atoms with E-state index in [9.17, 15) is 0 Å². The van der Waals surface area contributed by atoms with Crippen molar-refractivity contribution in [1.29, 1.82) is 0 Å². The fourth-order valence-corrected chi connectivity index (χ4v) is 1.94.